The molecule has 0 saturated heterocycles. The SMILES string of the molecule is COc1cc(C)c(Sc2cc(OC)c(OC)cc2C)cc1OC. The van der Waals surface area contributed by atoms with Crippen molar-refractivity contribution >= 4 is 11.8 Å². The van der Waals surface area contributed by atoms with Crippen molar-refractivity contribution in [3.05, 3.63) is 35.4 Å². The molecule has 2 aromatic carbocycles. The minimum Gasteiger partial charge on any atom is -0.493 e. The lowest BCUT2D eigenvalue weighted by atomic mass is 10.2. The molecule has 0 spiro atoms. The largest absolute Gasteiger partial charge is 0.493 e. The van der Waals surface area contributed by atoms with E-state index in [-0.39, 0.29) is 0 Å². The van der Waals surface area contributed by atoms with E-state index in [0.29, 0.717) is 0 Å². The third-order valence-corrected chi connectivity index (χ3v) is 4.90. The van der Waals surface area contributed by atoms with Gasteiger partial charge in [-0.2, -0.15) is 0 Å². The molecule has 0 aliphatic heterocycles. The molecule has 0 N–H and O–H groups in total. The normalized spacial score (nSPS) is 10.3. The molecule has 0 aliphatic carbocycles. The molecular weight excluding hydrogens is 312 g/mol. The molecular formula is C18H22O4S. The van der Waals surface area contributed by atoms with Crippen LogP contribution < -0.4 is 18.9 Å². The van der Waals surface area contributed by atoms with Crippen molar-refractivity contribution in [2.45, 2.75) is 23.6 Å². The van der Waals surface area contributed by atoms with Crippen LogP contribution in [0.4, 0.5) is 0 Å². The van der Waals surface area contributed by atoms with E-state index in [1.807, 2.05) is 24.3 Å². The quantitative estimate of drug-likeness (QED) is 0.778. The summed E-state index contributed by atoms with van der Waals surface area (Å²) in [5, 5.41) is 0. The first-order chi connectivity index (χ1) is 11.0. The summed E-state index contributed by atoms with van der Waals surface area (Å²) in [5.41, 5.74) is 2.25. The highest BCUT2D eigenvalue weighted by atomic mass is 32.2. The Morgan fingerprint density at radius 2 is 0.870 bits per heavy atom. The van der Waals surface area contributed by atoms with E-state index in [4.69, 9.17) is 18.9 Å². The van der Waals surface area contributed by atoms with Gasteiger partial charge in [-0.15, -0.1) is 0 Å². The van der Waals surface area contributed by atoms with Gasteiger partial charge >= 0.3 is 0 Å². The maximum Gasteiger partial charge on any atom is 0.161 e. The molecule has 0 atom stereocenters. The van der Waals surface area contributed by atoms with Gasteiger partial charge in [-0.1, -0.05) is 11.8 Å². The zero-order valence-corrected chi connectivity index (χ0v) is 15.2. The predicted octanol–water partition coefficient (Wildman–Crippen LogP) is 4.49. The molecule has 124 valence electrons. The second-order valence-electron chi connectivity index (χ2n) is 5.05. The molecule has 0 bridgehead atoms. The zero-order chi connectivity index (χ0) is 17.0. The van der Waals surface area contributed by atoms with Gasteiger partial charge in [0, 0.05) is 9.79 Å². The summed E-state index contributed by atoms with van der Waals surface area (Å²) < 4.78 is 21.5. The van der Waals surface area contributed by atoms with Crippen LogP contribution >= 0.6 is 11.8 Å². The first kappa shape index (κ1) is 17.3. The third-order valence-electron chi connectivity index (χ3n) is 3.58. The highest BCUT2D eigenvalue weighted by Crippen LogP contribution is 2.42. The topological polar surface area (TPSA) is 36.9 Å². The van der Waals surface area contributed by atoms with Crippen molar-refractivity contribution in [3.8, 4) is 23.0 Å². The molecule has 0 heterocycles. The van der Waals surface area contributed by atoms with Crippen molar-refractivity contribution in [1.82, 2.24) is 0 Å². The van der Waals surface area contributed by atoms with Crippen molar-refractivity contribution in [2.24, 2.45) is 0 Å². The number of hydrogen-bond donors (Lipinski definition) is 0. The number of methoxy groups -OCH3 is 4. The molecule has 0 saturated carbocycles. The molecule has 2 aromatic rings. The Hall–Kier alpha value is -2.01. The first-order valence-corrected chi connectivity index (χ1v) is 7.98. The van der Waals surface area contributed by atoms with E-state index in [0.717, 1.165) is 43.9 Å². The Morgan fingerprint density at radius 1 is 0.565 bits per heavy atom. The summed E-state index contributed by atoms with van der Waals surface area (Å²) in [6.07, 6.45) is 0. The lowest BCUT2D eigenvalue weighted by molar-refractivity contribution is 0.353. The van der Waals surface area contributed by atoms with E-state index in [2.05, 4.69) is 13.8 Å². The molecule has 5 heteroatoms. The molecule has 0 amide bonds. The van der Waals surface area contributed by atoms with Crippen LogP contribution in [-0.2, 0) is 0 Å². The zero-order valence-electron chi connectivity index (χ0n) is 14.4. The summed E-state index contributed by atoms with van der Waals surface area (Å²) in [7, 11) is 6.57. The lowest BCUT2D eigenvalue weighted by Gasteiger charge is -2.15. The van der Waals surface area contributed by atoms with Gasteiger partial charge < -0.3 is 18.9 Å². The summed E-state index contributed by atoms with van der Waals surface area (Å²) in [6.45, 7) is 4.11. The van der Waals surface area contributed by atoms with Crippen LogP contribution in [0.1, 0.15) is 11.1 Å². The van der Waals surface area contributed by atoms with E-state index in [1.165, 1.54) is 0 Å². The van der Waals surface area contributed by atoms with E-state index >= 15 is 0 Å². The van der Waals surface area contributed by atoms with Gasteiger partial charge in [0.25, 0.3) is 0 Å². The Labute approximate surface area is 141 Å². The molecule has 4 nitrogen and oxygen atoms in total. The number of ether oxygens (including phenoxy) is 4. The average Bonchev–Trinajstić information content (AvgIpc) is 2.57. The Kier molecular flexibility index (Phi) is 5.66. The first-order valence-electron chi connectivity index (χ1n) is 7.17. The second kappa shape index (κ2) is 7.51. The van der Waals surface area contributed by atoms with Crippen molar-refractivity contribution in [3.63, 3.8) is 0 Å². The van der Waals surface area contributed by atoms with E-state index < -0.39 is 0 Å². The number of rotatable bonds is 6. The van der Waals surface area contributed by atoms with Crippen molar-refractivity contribution in [1.29, 1.82) is 0 Å². The summed E-state index contributed by atoms with van der Waals surface area (Å²) >= 11 is 1.67. The van der Waals surface area contributed by atoms with Crippen molar-refractivity contribution < 1.29 is 18.9 Å². The van der Waals surface area contributed by atoms with Crippen LogP contribution in [0.5, 0.6) is 23.0 Å². The number of benzene rings is 2. The Balaban J connectivity index is 2.43. The maximum atomic E-state index is 5.40. The molecule has 0 aromatic heterocycles. The monoisotopic (exact) mass is 334 g/mol. The minimum absolute atomic E-state index is 0.721. The van der Waals surface area contributed by atoms with E-state index in [9.17, 15) is 0 Å². The highest BCUT2D eigenvalue weighted by Gasteiger charge is 2.13. The van der Waals surface area contributed by atoms with Gasteiger partial charge in [0.2, 0.25) is 0 Å². The third kappa shape index (κ3) is 3.67. The second-order valence-corrected chi connectivity index (χ2v) is 6.13. The highest BCUT2D eigenvalue weighted by molar-refractivity contribution is 7.99. The van der Waals surface area contributed by atoms with Crippen LogP contribution in [0, 0.1) is 13.8 Å². The summed E-state index contributed by atoms with van der Waals surface area (Å²) in [4.78, 5) is 2.22. The molecule has 0 aliphatic rings. The molecule has 0 unspecified atom stereocenters. The van der Waals surface area contributed by atoms with Crippen LogP contribution in [0.3, 0.4) is 0 Å². The fourth-order valence-electron chi connectivity index (χ4n) is 2.26. The molecule has 0 fully saturated rings. The fraction of sp³-hybridized carbons (Fsp3) is 0.333. The number of aryl methyl sites for hydroxylation is 2. The van der Waals surface area contributed by atoms with Crippen LogP contribution in [-0.4, -0.2) is 28.4 Å². The van der Waals surface area contributed by atoms with Gasteiger partial charge in [-0.25, -0.2) is 0 Å². The lowest BCUT2D eigenvalue weighted by Crippen LogP contribution is -1.94. The van der Waals surface area contributed by atoms with Gasteiger partial charge in [-0.05, 0) is 49.2 Å². The van der Waals surface area contributed by atoms with Gasteiger partial charge in [0.1, 0.15) is 0 Å². The van der Waals surface area contributed by atoms with Gasteiger partial charge in [0.05, 0.1) is 28.4 Å². The number of hydrogen-bond acceptors (Lipinski definition) is 5. The molecule has 23 heavy (non-hydrogen) atoms. The predicted molar refractivity (Wildman–Crippen MR) is 92.7 cm³/mol. The van der Waals surface area contributed by atoms with Gasteiger partial charge in [0.15, 0.2) is 23.0 Å². The maximum absolute atomic E-state index is 5.40. The molecule has 2 rings (SSSR count). The van der Waals surface area contributed by atoms with Crippen LogP contribution in [0.25, 0.3) is 0 Å². The van der Waals surface area contributed by atoms with Crippen LogP contribution in [0.2, 0.25) is 0 Å². The minimum atomic E-state index is 0.721. The fourth-order valence-corrected chi connectivity index (χ4v) is 3.27. The molecule has 0 radical (unpaired) electrons. The Bertz CT molecular complexity index is 638. The standard InChI is InChI=1S/C18H22O4S/c1-11-7-13(19-3)15(21-5)9-17(11)23-18-10-16(22-6)14(20-4)8-12(18)2/h7-10H,1-6H3. The summed E-state index contributed by atoms with van der Waals surface area (Å²) in [5.74, 6) is 2.91. The average molecular weight is 334 g/mol. The Morgan fingerprint density at radius 3 is 1.17 bits per heavy atom. The van der Waals surface area contributed by atoms with Crippen molar-refractivity contribution in [2.75, 3.05) is 28.4 Å². The summed E-state index contributed by atoms with van der Waals surface area (Å²) in [6, 6.07) is 7.96. The van der Waals surface area contributed by atoms with E-state index in [1.54, 1.807) is 40.2 Å². The van der Waals surface area contributed by atoms with Gasteiger partial charge in [-0.3, -0.25) is 0 Å². The smallest absolute Gasteiger partial charge is 0.161 e. The van der Waals surface area contributed by atoms with Crippen LogP contribution in [0.15, 0.2) is 34.1 Å².